The lowest BCUT2D eigenvalue weighted by Gasteiger charge is -2.57. The van der Waals surface area contributed by atoms with Crippen LogP contribution in [0.1, 0.15) is 36.8 Å². The highest BCUT2D eigenvalue weighted by molar-refractivity contribution is 5.89. The fourth-order valence-electron chi connectivity index (χ4n) is 5.02. The van der Waals surface area contributed by atoms with Crippen molar-refractivity contribution in [2.24, 2.45) is 0 Å². The first-order valence-corrected chi connectivity index (χ1v) is 11.4. The average molecular weight is 436 g/mol. The summed E-state index contributed by atoms with van der Waals surface area (Å²) in [6, 6.07) is 16.2. The Hall–Kier alpha value is -2.83. The molecule has 2 saturated heterocycles. The van der Waals surface area contributed by atoms with Gasteiger partial charge in [-0.05, 0) is 61.7 Å². The molecule has 32 heavy (non-hydrogen) atoms. The topological polar surface area (TPSA) is 65.0 Å². The lowest BCUT2D eigenvalue weighted by Crippen LogP contribution is -2.68. The van der Waals surface area contributed by atoms with E-state index in [4.69, 9.17) is 4.74 Å². The summed E-state index contributed by atoms with van der Waals surface area (Å²) in [7, 11) is 1.63. The van der Waals surface area contributed by atoms with Gasteiger partial charge in [0, 0.05) is 36.8 Å². The molecule has 2 aliphatic heterocycles. The molecular formula is C26H33N3O3. The van der Waals surface area contributed by atoms with Crippen molar-refractivity contribution in [2.45, 2.75) is 37.8 Å². The van der Waals surface area contributed by atoms with E-state index >= 15 is 0 Å². The number of hydrogen-bond donors (Lipinski definition) is 2. The van der Waals surface area contributed by atoms with Crippen LogP contribution in [0.15, 0.2) is 54.6 Å². The zero-order valence-electron chi connectivity index (χ0n) is 18.9. The third-order valence-electron chi connectivity index (χ3n) is 6.68. The number of allylic oxidation sites excluding steroid dienone is 1. The third kappa shape index (κ3) is 4.66. The number of carbonyl (C=O) groups excluding carboxylic acids is 1. The molecule has 0 spiro atoms. The molecule has 2 aliphatic rings. The molecule has 4 rings (SSSR count). The highest BCUT2D eigenvalue weighted by atomic mass is 16.5. The summed E-state index contributed by atoms with van der Waals surface area (Å²) in [6.07, 6.45) is 6.10. The van der Waals surface area contributed by atoms with Gasteiger partial charge in [0.2, 0.25) is 0 Å². The van der Waals surface area contributed by atoms with Gasteiger partial charge in [0.15, 0.2) is 0 Å². The molecule has 2 heterocycles. The summed E-state index contributed by atoms with van der Waals surface area (Å²) in [5, 5.41) is 13.1. The van der Waals surface area contributed by atoms with Crippen molar-refractivity contribution < 1.29 is 14.6 Å². The number of nitrogens with one attached hydrogen (secondary N) is 1. The molecule has 0 aromatic heterocycles. The maximum Gasteiger partial charge on any atom is 0.321 e. The molecule has 170 valence electrons. The van der Waals surface area contributed by atoms with Crippen molar-refractivity contribution in [3.63, 3.8) is 0 Å². The minimum absolute atomic E-state index is 0.0772. The SMILES string of the molecule is C/C=C/c1ccc([C@@H]2[C@H](CO)N3CCCCN(C(=O)Nc4ccc(OC)cc4)C[C@@H]23)cc1. The van der Waals surface area contributed by atoms with E-state index in [0.717, 1.165) is 37.4 Å². The molecule has 2 N–H and O–H groups in total. The van der Waals surface area contributed by atoms with Crippen molar-refractivity contribution >= 4 is 17.8 Å². The van der Waals surface area contributed by atoms with Gasteiger partial charge in [-0.25, -0.2) is 4.79 Å². The predicted octanol–water partition coefficient (Wildman–Crippen LogP) is 4.18. The Labute approximate surface area is 190 Å². The maximum absolute atomic E-state index is 13.1. The first-order chi connectivity index (χ1) is 15.6. The Kier molecular flexibility index (Phi) is 7.12. The van der Waals surface area contributed by atoms with Gasteiger partial charge < -0.3 is 20.1 Å². The second kappa shape index (κ2) is 10.2. The smallest absolute Gasteiger partial charge is 0.321 e. The summed E-state index contributed by atoms with van der Waals surface area (Å²) in [5.74, 6) is 0.978. The fourth-order valence-corrected chi connectivity index (χ4v) is 5.02. The van der Waals surface area contributed by atoms with Crippen molar-refractivity contribution in [1.29, 1.82) is 0 Å². The van der Waals surface area contributed by atoms with E-state index in [-0.39, 0.29) is 30.6 Å². The first-order valence-electron chi connectivity index (χ1n) is 11.4. The van der Waals surface area contributed by atoms with Crippen LogP contribution in [0.5, 0.6) is 5.75 Å². The molecule has 2 aromatic rings. The largest absolute Gasteiger partial charge is 0.497 e. The second-order valence-electron chi connectivity index (χ2n) is 8.56. The van der Waals surface area contributed by atoms with E-state index in [9.17, 15) is 9.90 Å². The molecule has 6 heteroatoms. The number of benzene rings is 2. The Balaban J connectivity index is 1.50. The summed E-state index contributed by atoms with van der Waals surface area (Å²) < 4.78 is 5.20. The van der Waals surface area contributed by atoms with Crippen LogP contribution in [-0.4, -0.2) is 66.4 Å². The maximum atomic E-state index is 13.1. The number of rotatable bonds is 5. The molecule has 0 unspecified atom stereocenters. The van der Waals surface area contributed by atoms with Crippen molar-refractivity contribution in [3.8, 4) is 5.75 Å². The zero-order valence-corrected chi connectivity index (χ0v) is 18.9. The Bertz CT molecular complexity index is 926. The van der Waals surface area contributed by atoms with Gasteiger partial charge in [-0.2, -0.15) is 0 Å². The number of amides is 2. The van der Waals surface area contributed by atoms with Crippen LogP contribution in [0.2, 0.25) is 0 Å². The molecule has 2 amide bonds. The van der Waals surface area contributed by atoms with E-state index in [0.29, 0.717) is 6.54 Å². The van der Waals surface area contributed by atoms with Gasteiger partial charge in [-0.1, -0.05) is 36.4 Å². The summed E-state index contributed by atoms with van der Waals surface area (Å²) in [4.78, 5) is 17.4. The number of fused-ring (bicyclic) bond motifs is 1. The van der Waals surface area contributed by atoms with Crippen molar-refractivity contribution in [1.82, 2.24) is 9.80 Å². The van der Waals surface area contributed by atoms with Gasteiger partial charge in [-0.15, -0.1) is 0 Å². The quantitative estimate of drug-likeness (QED) is 0.739. The highest BCUT2D eigenvalue weighted by Crippen LogP contribution is 2.42. The summed E-state index contributed by atoms with van der Waals surface area (Å²) in [5.41, 5.74) is 3.16. The molecule has 0 radical (unpaired) electrons. The Morgan fingerprint density at radius 1 is 1.12 bits per heavy atom. The predicted molar refractivity (Wildman–Crippen MR) is 128 cm³/mol. The molecule has 0 aliphatic carbocycles. The van der Waals surface area contributed by atoms with E-state index in [1.807, 2.05) is 42.2 Å². The van der Waals surface area contributed by atoms with Crippen LogP contribution in [0.25, 0.3) is 6.08 Å². The van der Waals surface area contributed by atoms with Gasteiger partial charge in [0.05, 0.1) is 13.7 Å². The molecule has 6 nitrogen and oxygen atoms in total. The molecule has 2 aromatic carbocycles. The van der Waals surface area contributed by atoms with E-state index in [1.165, 1.54) is 11.1 Å². The fraction of sp³-hybridized carbons (Fsp3) is 0.423. The van der Waals surface area contributed by atoms with E-state index < -0.39 is 0 Å². The van der Waals surface area contributed by atoms with Crippen LogP contribution in [0, 0.1) is 0 Å². The molecule has 0 saturated carbocycles. The molecular weight excluding hydrogens is 402 g/mol. The van der Waals surface area contributed by atoms with Crippen LogP contribution < -0.4 is 10.1 Å². The number of aliphatic hydroxyl groups is 1. The van der Waals surface area contributed by atoms with Crippen molar-refractivity contribution in [2.75, 3.05) is 38.7 Å². The normalized spacial score (nSPS) is 23.7. The monoisotopic (exact) mass is 435 g/mol. The summed E-state index contributed by atoms with van der Waals surface area (Å²) in [6.45, 7) is 4.51. The molecule has 3 atom stereocenters. The van der Waals surface area contributed by atoms with Gasteiger partial charge >= 0.3 is 6.03 Å². The number of nitrogens with zero attached hydrogens (tertiary/aromatic N) is 2. The first kappa shape index (κ1) is 22.4. The minimum Gasteiger partial charge on any atom is -0.497 e. The van der Waals surface area contributed by atoms with Gasteiger partial charge in [-0.3, -0.25) is 4.90 Å². The number of anilines is 1. The van der Waals surface area contributed by atoms with E-state index in [1.54, 1.807) is 7.11 Å². The molecule has 2 fully saturated rings. The zero-order chi connectivity index (χ0) is 22.5. The van der Waals surface area contributed by atoms with Gasteiger partial charge in [0.1, 0.15) is 5.75 Å². The number of carbonyl (C=O) groups is 1. The van der Waals surface area contributed by atoms with Crippen LogP contribution in [0.4, 0.5) is 10.5 Å². The van der Waals surface area contributed by atoms with Crippen LogP contribution in [0.3, 0.4) is 0 Å². The Morgan fingerprint density at radius 3 is 2.50 bits per heavy atom. The number of ether oxygens (including phenoxy) is 1. The lowest BCUT2D eigenvalue weighted by atomic mass is 9.74. The number of aliphatic hydroxyl groups excluding tert-OH is 1. The third-order valence-corrected chi connectivity index (χ3v) is 6.68. The highest BCUT2D eigenvalue weighted by Gasteiger charge is 2.49. The van der Waals surface area contributed by atoms with Crippen LogP contribution in [-0.2, 0) is 0 Å². The Morgan fingerprint density at radius 2 is 1.84 bits per heavy atom. The molecule has 0 bridgehead atoms. The number of urea groups is 1. The number of hydrogen-bond acceptors (Lipinski definition) is 4. The lowest BCUT2D eigenvalue weighted by molar-refractivity contribution is -0.0585. The number of methoxy groups -OCH3 is 1. The standard InChI is InChI=1S/C26H33N3O3/c1-3-6-19-7-9-20(10-8-19)25-23-17-28(15-4-5-16-29(23)24(25)18-30)26(31)27-21-11-13-22(32-2)14-12-21/h3,6-14,23-25,30H,4-5,15-18H2,1-2H3,(H,27,31)/b6-3+/t23-,24-,25-/m0/s1. The minimum atomic E-state index is -0.0772. The van der Waals surface area contributed by atoms with Crippen LogP contribution >= 0.6 is 0 Å². The van der Waals surface area contributed by atoms with Gasteiger partial charge in [0.25, 0.3) is 0 Å². The second-order valence-corrected chi connectivity index (χ2v) is 8.56. The average Bonchev–Trinajstić information content (AvgIpc) is 2.79. The van der Waals surface area contributed by atoms with E-state index in [2.05, 4.69) is 40.6 Å². The van der Waals surface area contributed by atoms with Crippen molar-refractivity contribution in [3.05, 3.63) is 65.7 Å². The summed E-state index contributed by atoms with van der Waals surface area (Å²) >= 11 is 0.